The summed E-state index contributed by atoms with van der Waals surface area (Å²) in [6.07, 6.45) is 3.60. The number of benzene rings is 1. The van der Waals surface area contributed by atoms with E-state index in [2.05, 4.69) is 29.9 Å². The van der Waals surface area contributed by atoms with Gasteiger partial charge in [-0.05, 0) is 12.1 Å². The molecule has 3 aromatic rings. The van der Waals surface area contributed by atoms with Crippen molar-refractivity contribution in [3.8, 4) is 11.4 Å². The van der Waals surface area contributed by atoms with Crippen LogP contribution in [0.5, 0.6) is 0 Å². The zero-order valence-electron chi connectivity index (χ0n) is 14.6. The Bertz CT molecular complexity index is 884. The highest BCUT2D eigenvalue weighted by Gasteiger charge is 2.20. The van der Waals surface area contributed by atoms with Crippen LogP contribution in [0.3, 0.4) is 0 Å². The molecular formula is C17H19N7O3. The molecule has 0 amide bonds. The molecule has 0 radical (unpaired) electrons. The molecule has 1 saturated heterocycles. The maximum atomic E-state index is 10.7. The molecule has 2 aromatic heterocycles. The van der Waals surface area contributed by atoms with E-state index in [1.807, 2.05) is 6.20 Å². The summed E-state index contributed by atoms with van der Waals surface area (Å²) in [4.78, 5) is 26.7. The van der Waals surface area contributed by atoms with E-state index in [4.69, 9.17) is 4.52 Å². The van der Waals surface area contributed by atoms with Gasteiger partial charge in [0.2, 0.25) is 11.7 Å². The highest BCUT2D eigenvalue weighted by molar-refractivity contribution is 5.56. The van der Waals surface area contributed by atoms with Gasteiger partial charge in [0.1, 0.15) is 5.82 Å². The summed E-state index contributed by atoms with van der Waals surface area (Å²) in [5.74, 6) is 1.97. The van der Waals surface area contributed by atoms with Crippen LogP contribution in [-0.4, -0.2) is 61.0 Å². The minimum absolute atomic E-state index is 0.0369. The van der Waals surface area contributed by atoms with Crippen LogP contribution >= 0.6 is 0 Å². The standard InChI is InChI=1S/C17H19N7O3/c25-24(26)14-3-1-13(2-4-14)17-20-16(27-21-17)12-23-9-7-22(8-10-23)11-15-18-5-6-19-15/h1-6H,7-12H2,(H,18,19). The van der Waals surface area contributed by atoms with Crippen molar-refractivity contribution in [1.29, 1.82) is 0 Å². The van der Waals surface area contributed by atoms with Crippen LogP contribution < -0.4 is 0 Å². The van der Waals surface area contributed by atoms with Crippen molar-refractivity contribution in [2.24, 2.45) is 0 Å². The average Bonchev–Trinajstić information content (AvgIpc) is 3.36. The fourth-order valence-electron chi connectivity index (χ4n) is 3.06. The number of nitro benzene ring substituents is 1. The molecule has 0 aliphatic carbocycles. The second-order valence-corrected chi connectivity index (χ2v) is 6.40. The summed E-state index contributed by atoms with van der Waals surface area (Å²) in [6.45, 7) is 5.14. The number of rotatable bonds is 6. The molecule has 1 aliphatic rings. The smallest absolute Gasteiger partial charge is 0.269 e. The molecular weight excluding hydrogens is 350 g/mol. The summed E-state index contributed by atoms with van der Waals surface area (Å²) in [6, 6.07) is 6.12. The van der Waals surface area contributed by atoms with Gasteiger partial charge in [-0.1, -0.05) is 5.16 Å². The summed E-state index contributed by atoms with van der Waals surface area (Å²) < 4.78 is 5.35. The number of nitrogens with zero attached hydrogens (tertiary/aromatic N) is 6. The third-order valence-electron chi connectivity index (χ3n) is 4.56. The van der Waals surface area contributed by atoms with Gasteiger partial charge < -0.3 is 9.51 Å². The topological polar surface area (TPSA) is 117 Å². The average molecular weight is 369 g/mol. The van der Waals surface area contributed by atoms with Crippen molar-refractivity contribution >= 4 is 5.69 Å². The molecule has 10 heteroatoms. The molecule has 0 saturated carbocycles. The third-order valence-corrected chi connectivity index (χ3v) is 4.56. The quantitative estimate of drug-likeness (QED) is 0.515. The molecule has 0 spiro atoms. The predicted molar refractivity (Wildman–Crippen MR) is 95.5 cm³/mol. The number of H-pyrrole nitrogens is 1. The van der Waals surface area contributed by atoms with Crippen LogP contribution in [0, 0.1) is 10.1 Å². The van der Waals surface area contributed by atoms with Crippen molar-refractivity contribution in [3.63, 3.8) is 0 Å². The SMILES string of the molecule is O=[N+]([O-])c1ccc(-c2noc(CN3CCN(Cc4ncc[nH]4)CC3)n2)cc1. The molecule has 1 N–H and O–H groups in total. The minimum Gasteiger partial charge on any atom is -0.348 e. The van der Waals surface area contributed by atoms with Crippen LogP contribution in [-0.2, 0) is 13.1 Å². The lowest BCUT2D eigenvalue weighted by Gasteiger charge is -2.33. The molecule has 0 unspecified atom stereocenters. The van der Waals surface area contributed by atoms with Crippen LogP contribution in [0.2, 0.25) is 0 Å². The highest BCUT2D eigenvalue weighted by atomic mass is 16.6. The summed E-state index contributed by atoms with van der Waals surface area (Å²) >= 11 is 0. The van der Waals surface area contributed by atoms with Gasteiger partial charge in [0.05, 0.1) is 18.0 Å². The Balaban J connectivity index is 1.31. The third kappa shape index (κ3) is 4.18. The summed E-state index contributed by atoms with van der Waals surface area (Å²) in [5.41, 5.74) is 0.730. The van der Waals surface area contributed by atoms with Crippen molar-refractivity contribution in [2.75, 3.05) is 26.2 Å². The van der Waals surface area contributed by atoms with Gasteiger partial charge in [-0.3, -0.25) is 19.9 Å². The lowest BCUT2D eigenvalue weighted by molar-refractivity contribution is -0.384. The van der Waals surface area contributed by atoms with Gasteiger partial charge in [-0.25, -0.2) is 4.98 Å². The Hall–Kier alpha value is -3.11. The molecule has 3 heterocycles. The van der Waals surface area contributed by atoms with Crippen LogP contribution in [0.25, 0.3) is 11.4 Å². The Morgan fingerprint density at radius 1 is 1.11 bits per heavy atom. The number of aromatic amines is 1. The fourth-order valence-corrected chi connectivity index (χ4v) is 3.06. The van der Waals surface area contributed by atoms with Crippen LogP contribution in [0.15, 0.2) is 41.2 Å². The molecule has 1 aromatic carbocycles. The van der Waals surface area contributed by atoms with Gasteiger partial charge >= 0.3 is 0 Å². The minimum atomic E-state index is -0.434. The Morgan fingerprint density at radius 3 is 2.44 bits per heavy atom. The molecule has 1 aliphatic heterocycles. The van der Waals surface area contributed by atoms with E-state index in [9.17, 15) is 10.1 Å². The van der Waals surface area contributed by atoms with Crippen molar-refractivity contribution in [1.82, 2.24) is 29.9 Å². The molecule has 1 fully saturated rings. The van der Waals surface area contributed by atoms with E-state index in [-0.39, 0.29) is 5.69 Å². The first-order valence-corrected chi connectivity index (χ1v) is 8.68. The number of hydrogen-bond acceptors (Lipinski definition) is 8. The van der Waals surface area contributed by atoms with Crippen LogP contribution in [0.4, 0.5) is 5.69 Å². The Morgan fingerprint density at radius 2 is 1.81 bits per heavy atom. The first-order valence-electron chi connectivity index (χ1n) is 8.68. The maximum absolute atomic E-state index is 10.7. The van der Waals surface area contributed by atoms with E-state index < -0.39 is 4.92 Å². The molecule has 27 heavy (non-hydrogen) atoms. The molecule has 0 atom stereocenters. The Labute approximate surface area is 155 Å². The second kappa shape index (κ2) is 7.64. The summed E-state index contributed by atoms with van der Waals surface area (Å²) in [7, 11) is 0. The molecule has 140 valence electrons. The van der Waals surface area contributed by atoms with Crippen molar-refractivity contribution in [3.05, 3.63) is 58.5 Å². The van der Waals surface area contributed by atoms with Crippen molar-refractivity contribution in [2.45, 2.75) is 13.1 Å². The van der Waals surface area contributed by atoms with Gasteiger partial charge in [0, 0.05) is 56.3 Å². The second-order valence-electron chi connectivity index (χ2n) is 6.40. The van der Waals surface area contributed by atoms with E-state index in [1.54, 1.807) is 18.3 Å². The van der Waals surface area contributed by atoms with Crippen LogP contribution in [0.1, 0.15) is 11.7 Å². The lowest BCUT2D eigenvalue weighted by atomic mass is 10.2. The monoisotopic (exact) mass is 369 g/mol. The first-order chi connectivity index (χ1) is 13.2. The number of piperazine rings is 1. The van der Waals surface area contributed by atoms with E-state index in [0.717, 1.165) is 38.5 Å². The normalized spacial score (nSPS) is 15.9. The van der Waals surface area contributed by atoms with Gasteiger partial charge in [-0.2, -0.15) is 4.98 Å². The van der Waals surface area contributed by atoms with E-state index in [0.29, 0.717) is 23.8 Å². The number of nitro groups is 1. The van der Waals surface area contributed by atoms with Gasteiger partial charge in [0.15, 0.2) is 0 Å². The molecule has 10 nitrogen and oxygen atoms in total. The molecule has 4 rings (SSSR count). The summed E-state index contributed by atoms with van der Waals surface area (Å²) in [5, 5.41) is 14.7. The fraction of sp³-hybridized carbons (Fsp3) is 0.353. The number of imidazole rings is 1. The van der Waals surface area contributed by atoms with E-state index in [1.165, 1.54) is 12.1 Å². The maximum Gasteiger partial charge on any atom is 0.269 e. The first kappa shape index (κ1) is 17.3. The molecule has 0 bridgehead atoms. The highest BCUT2D eigenvalue weighted by Crippen LogP contribution is 2.20. The van der Waals surface area contributed by atoms with Gasteiger partial charge in [-0.15, -0.1) is 0 Å². The Kier molecular flexibility index (Phi) is 4.90. The number of non-ortho nitro benzene ring substituents is 1. The lowest BCUT2D eigenvalue weighted by Crippen LogP contribution is -2.45. The zero-order chi connectivity index (χ0) is 18.6. The largest absolute Gasteiger partial charge is 0.348 e. The number of aromatic nitrogens is 4. The number of hydrogen-bond donors (Lipinski definition) is 1. The predicted octanol–water partition coefficient (Wildman–Crippen LogP) is 1.69. The van der Waals surface area contributed by atoms with Crippen molar-refractivity contribution < 1.29 is 9.45 Å². The van der Waals surface area contributed by atoms with Gasteiger partial charge in [0.25, 0.3) is 5.69 Å². The number of nitrogens with one attached hydrogen (secondary N) is 1. The van der Waals surface area contributed by atoms with E-state index >= 15 is 0 Å². The zero-order valence-corrected chi connectivity index (χ0v) is 14.6.